The smallest absolute Gasteiger partial charge is 0.324 e. The average Bonchev–Trinajstić information content (AvgIpc) is 2.50. The van der Waals surface area contributed by atoms with E-state index >= 15 is 0 Å². The molecular formula is C14H21N3O2. The number of hydrogen-bond acceptors (Lipinski definition) is 5. The molecule has 2 rings (SSSR count). The molecule has 1 unspecified atom stereocenters. The number of nitrogens with zero attached hydrogens (tertiary/aromatic N) is 2. The molecule has 1 atom stereocenters. The third-order valence-corrected chi connectivity index (χ3v) is 3.48. The summed E-state index contributed by atoms with van der Waals surface area (Å²) in [4.78, 5) is 20.3. The molecule has 0 aromatic carbocycles. The molecule has 1 aromatic rings. The minimum absolute atomic E-state index is 0.0681. The largest absolute Gasteiger partial charge is 0.391 e. The summed E-state index contributed by atoms with van der Waals surface area (Å²) in [6.07, 6.45) is 4.01. The molecule has 5 nitrogen and oxygen atoms in total. The van der Waals surface area contributed by atoms with E-state index in [-0.39, 0.29) is 29.0 Å². The van der Waals surface area contributed by atoms with Gasteiger partial charge in [-0.15, -0.1) is 0 Å². The average molecular weight is 263 g/mol. The van der Waals surface area contributed by atoms with E-state index in [9.17, 15) is 4.79 Å². The van der Waals surface area contributed by atoms with E-state index in [0.29, 0.717) is 0 Å². The molecule has 1 N–H and O–H groups in total. The number of ether oxygens (including phenoxy) is 1. The van der Waals surface area contributed by atoms with E-state index in [0.717, 1.165) is 12.0 Å². The van der Waals surface area contributed by atoms with Crippen LogP contribution in [0.25, 0.3) is 0 Å². The van der Waals surface area contributed by atoms with Crippen molar-refractivity contribution in [3.05, 3.63) is 18.0 Å². The van der Waals surface area contributed by atoms with E-state index in [1.165, 1.54) is 0 Å². The number of nitrogens with one attached hydrogen (secondary N) is 1. The summed E-state index contributed by atoms with van der Waals surface area (Å²) < 4.78 is 5.28. The Balaban J connectivity index is 2.10. The fourth-order valence-electron chi connectivity index (χ4n) is 2.75. The summed E-state index contributed by atoms with van der Waals surface area (Å²) >= 11 is 0. The van der Waals surface area contributed by atoms with Crippen LogP contribution < -0.4 is 10.1 Å². The minimum Gasteiger partial charge on any atom is -0.391 e. The Labute approximate surface area is 113 Å². The van der Waals surface area contributed by atoms with Crippen molar-refractivity contribution < 1.29 is 9.53 Å². The maximum Gasteiger partial charge on any atom is 0.324 e. The molecule has 19 heavy (non-hydrogen) atoms. The van der Waals surface area contributed by atoms with Crippen LogP contribution in [0.15, 0.2) is 12.4 Å². The molecule has 0 aliphatic carbocycles. The van der Waals surface area contributed by atoms with Gasteiger partial charge in [-0.3, -0.25) is 4.79 Å². The van der Waals surface area contributed by atoms with Gasteiger partial charge in [0.1, 0.15) is 0 Å². The number of carbonyl (C=O) groups excluding carboxylic acids is 1. The van der Waals surface area contributed by atoms with Crippen LogP contribution in [0.4, 0.5) is 0 Å². The fourth-order valence-corrected chi connectivity index (χ4v) is 2.75. The van der Waals surface area contributed by atoms with E-state index in [4.69, 9.17) is 4.74 Å². The van der Waals surface area contributed by atoms with Gasteiger partial charge < -0.3 is 10.1 Å². The van der Waals surface area contributed by atoms with E-state index in [2.05, 4.69) is 29.1 Å². The molecule has 0 radical (unpaired) electrons. The van der Waals surface area contributed by atoms with Gasteiger partial charge in [0, 0.05) is 23.5 Å². The highest BCUT2D eigenvalue weighted by atomic mass is 16.5. The van der Waals surface area contributed by atoms with Gasteiger partial charge in [0.15, 0.2) is 0 Å². The normalized spacial score (nSPS) is 24.2. The Morgan fingerprint density at radius 3 is 2.37 bits per heavy atom. The lowest BCUT2D eigenvalue weighted by Crippen LogP contribution is -2.47. The summed E-state index contributed by atoms with van der Waals surface area (Å²) in [5.74, 6) is -0.473. The lowest BCUT2D eigenvalue weighted by molar-refractivity contribution is -0.141. The number of carbonyl (C=O) groups is 1. The van der Waals surface area contributed by atoms with Crippen LogP contribution >= 0.6 is 0 Å². The Morgan fingerprint density at radius 2 is 1.89 bits per heavy atom. The standard InChI is InChI=1S/C14H21N3O2/c1-9-7-15-12(16-8-9)19-11(18)10-6-13(2,3)17-14(10,4)5/h7-8,10,17H,6H2,1-5H3. The van der Waals surface area contributed by atoms with E-state index in [1.807, 2.05) is 20.8 Å². The first kappa shape index (κ1) is 13.9. The maximum absolute atomic E-state index is 12.3. The zero-order valence-corrected chi connectivity index (χ0v) is 12.2. The fraction of sp³-hybridized carbons (Fsp3) is 0.643. The molecule has 1 aromatic heterocycles. The molecule has 2 heterocycles. The Hall–Kier alpha value is -1.49. The topological polar surface area (TPSA) is 64.1 Å². The quantitative estimate of drug-likeness (QED) is 0.825. The van der Waals surface area contributed by atoms with Crippen LogP contribution in [0.5, 0.6) is 6.01 Å². The van der Waals surface area contributed by atoms with Gasteiger partial charge in [-0.25, -0.2) is 9.97 Å². The minimum atomic E-state index is -0.286. The first-order chi connectivity index (χ1) is 8.70. The predicted octanol–water partition coefficient (Wildman–Crippen LogP) is 1.86. The van der Waals surface area contributed by atoms with Gasteiger partial charge in [0.2, 0.25) is 0 Å². The zero-order chi connectivity index (χ0) is 14.3. The number of rotatable bonds is 2. The van der Waals surface area contributed by atoms with Crippen LogP contribution in [0.2, 0.25) is 0 Å². The monoisotopic (exact) mass is 263 g/mol. The molecule has 5 heteroatoms. The molecule has 1 aliphatic rings. The van der Waals surface area contributed by atoms with Crippen molar-refractivity contribution in [2.45, 2.75) is 52.1 Å². The number of aryl methyl sites for hydroxylation is 1. The first-order valence-corrected chi connectivity index (χ1v) is 6.49. The number of hydrogen-bond donors (Lipinski definition) is 1. The predicted molar refractivity (Wildman–Crippen MR) is 71.8 cm³/mol. The third-order valence-electron chi connectivity index (χ3n) is 3.48. The molecular weight excluding hydrogens is 242 g/mol. The van der Waals surface area contributed by atoms with Crippen molar-refractivity contribution >= 4 is 5.97 Å². The second-order valence-corrected chi connectivity index (χ2v) is 6.45. The Kier molecular flexibility index (Phi) is 3.34. The van der Waals surface area contributed by atoms with Crippen molar-refractivity contribution in [2.24, 2.45) is 5.92 Å². The van der Waals surface area contributed by atoms with Gasteiger partial charge in [-0.1, -0.05) is 0 Å². The van der Waals surface area contributed by atoms with Gasteiger partial charge in [-0.05, 0) is 46.6 Å². The maximum atomic E-state index is 12.3. The van der Waals surface area contributed by atoms with Crippen molar-refractivity contribution in [1.82, 2.24) is 15.3 Å². The van der Waals surface area contributed by atoms with Gasteiger partial charge >= 0.3 is 12.0 Å². The molecule has 104 valence electrons. The zero-order valence-electron chi connectivity index (χ0n) is 12.2. The lowest BCUT2D eigenvalue weighted by atomic mass is 9.87. The van der Waals surface area contributed by atoms with Gasteiger partial charge in [-0.2, -0.15) is 0 Å². The first-order valence-electron chi connectivity index (χ1n) is 6.49. The molecule has 1 aliphatic heterocycles. The second kappa shape index (κ2) is 4.56. The van der Waals surface area contributed by atoms with Crippen molar-refractivity contribution in [1.29, 1.82) is 0 Å². The highest BCUT2D eigenvalue weighted by Crippen LogP contribution is 2.36. The van der Waals surface area contributed by atoms with Crippen molar-refractivity contribution in [2.75, 3.05) is 0 Å². The van der Waals surface area contributed by atoms with Crippen LogP contribution in [-0.2, 0) is 4.79 Å². The molecule has 0 amide bonds. The highest BCUT2D eigenvalue weighted by molar-refractivity contribution is 5.76. The Morgan fingerprint density at radius 1 is 1.32 bits per heavy atom. The second-order valence-electron chi connectivity index (χ2n) is 6.45. The summed E-state index contributed by atoms with van der Waals surface area (Å²) in [5, 5.41) is 3.45. The summed E-state index contributed by atoms with van der Waals surface area (Å²) in [6.45, 7) is 10.1. The van der Waals surface area contributed by atoms with Crippen LogP contribution in [0, 0.1) is 12.8 Å². The summed E-state index contributed by atoms with van der Waals surface area (Å²) in [6, 6.07) is 0.121. The molecule has 0 bridgehead atoms. The third kappa shape index (κ3) is 3.10. The van der Waals surface area contributed by atoms with Crippen LogP contribution in [0.1, 0.15) is 39.7 Å². The van der Waals surface area contributed by atoms with E-state index in [1.54, 1.807) is 12.4 Å². The molecule has 1 saturated heterocycles. The van der Waals surface area contributed by atoms with Crippen molar-refractivity contribution in [3.8, 4) is 6.01 Å². The SMILES string of the molecule is Cc1cnc(OC(=O)C2CC(C)(C)NC2(C)C)nc1. The highest BCUT2D eigenvalue weighted by Gasteiger charge is 2.48. The summed E-state index contributed by atoms with van der Waals surface area (Å²) in [5.41, 5.74) is 0.580. The van der Waals surface area contributed by atoms with E-state index < -0.39 is 0 Å². The molecule has 0 spiro atoms. The van der Waals surface area contributed by atoms with Crippen LogP contribution in [0.3, 0.4) is 0 Å². The lowest BCUT2D eigenvalue weighted by Gasteiger charge is -2.27. The van der Waals surface area contributed by atoms with Gasteiger partial charge in [0.25, 0.3) is 0 Å². The number of aromatic nitrogens is 2. The molecule has 1 fully saturated rings. The molecule has 0 saturated carbocycles. The number of esters is 1. The van der Waals surface area contributed by atoms with Crippen molar-refractivity contribution in [3.63, 3.8) is 0 Å². The van der Waals surface area contributed by atoms with Gasteiger partial charge in [0.05, 0.1) is 5.92 Å². The summed E-state index contributed by atoms with van der Waals surface area (Å²) in [7, 11) is 0. The Bertz CT molecular complexity index is 480. The van der Waals surface area contributed by atoms with Crippen LogP contribution in [-0.4, -0.2) is 27.0 Å².